The van der Waals surface area contributed by atoms with E-state index in [0.29, 0.717) is 0 Å². The molecule has 1 heterocycles. The van der Waals surface area contributed by atoms with Crippen LogP contribution in [0.25, 0.3) is 0 Å². The Bertz CT molecular complexity index is 519. The van der Waals surface area contributed by atoms with E-state index in [0.717, 1.165) is 12.3 Å². The van der Waals surface area contributed by atoms with Crippen LogP contribution in [0.2, 0.25) is 5.15 Å². The van der Waals surface area contributed by atoms with Gasteiger partial charge in [-0.15, -0.1) is 0 Å². The molecule has 0 aliphatic carbocycles. The van der Waals surface area contributed by atoms with Crippen molar-refractivity contribution in [1.29, 1.82) is 0 Å². The summed E-state index contributed by atoms with van der Waals surface area (Å²) in [6, 6.07) is -0.173. The van der Waals surface area contributed by atoms with Crippen LogP contribution in [0.4, 0.5) is 5.69 Å². The third-order valence-corrected chi connectivity index (χ3v) is 2.22. The summed E-state index contributed by atoms with van der Waals surface area (Å²) in [7, 11) is 0. The van der Waals surface area contributed by atoms with Crippen molar-refractivity contribution in [2.75, 3.05) is 0 Å². The van der Waals surface area contributed by atoms with Crippen LogP contribution in [0, 0.1) is 10.1 Å². The summed E-state index contributed by atoms with van der Waals surface area (Å²) in [4.78, 5) is 35.6. The second-order valence-electron chi connectivity index (χ2n) is 3.31. The molecule has 2 N–H and O–H groups in total. The van der Waals surface area contributed by atoms with Gasteiger partial charge in [-0.05, 0) is 13.0 Å². The fraction of sp³-hybridized carbons (Fsp3) is 0.222. The third-order valence-electron chi connectivity index (χ3n) is 2.01. The van der Waals surface area contributed by atoms with E-state index in [1.54, 1.807) is 0 Å². The maximum atomic E-state index is 11.7. The number of carbonyl (C=O) groups is 2. The first-order valence-electron chi connectivity index (χ1n) is 4.66. The molecule has 0 saturated heterocycles. The SMILES string of the molecule is C[C@H](NC(=O)c1cc(Cl)ncc1[N+](=O)[O-])C(=O)O. The fourth-order valence-corrected chi connectivity index (χ4v) is 1.24. The molecule has 0 aromatic carbocycles. The van der Waals surface area contributed by atoms with Crippen LogP contribution in [0.15, 0.2) is 12.3 Å². The van der Waals surface area contributed by atoms with Gasteiger partial charge in [0, 0.05) is 0 Å². The predicted molar refractivity (Wildman–Crippen MR) is 60.5 cm³/mol. The maximum absolute atomic E-state index is 11.7. The molecule has 0 bridgehead atoms. The van der Waals surface area contributed by atoms with Crippen LogP contribution < -0.4 is 5.32 Å². The molecule has 0 spiro atoms. The number of hydrogen-bond acceptors (Lipinski definition) is 5. The largest absolute Gasteiger partial charge is 0.480 e. The second kappa shape index (κ2) is 5.41. The van der Waals surface area contributed by atoms with Gasteiger partial charge in [-0.1, -0.05) is 11.6 Å². The minimum absolute atomic E-state index is 0.103. The third kappa shape index (κ3) is 3.14. The fourth-order valence-electron chi connectivity index (χ4n) is 1.09. The Morgan fingerprint density at radius 3 is 2.72 bits per heavy atom. The number of carboxylic acids is 1. The van der Waals surface area contributed by atoms with Crippen molar-refractivity contribution in [1.82, 2.24) is 10.3 Å². The minimum Gasteiger partial charge on any atom is -0.480 e. The van der Waals surface area contributed by atoms with E-state index in [1.165, 1.54) is 6.92 Å². The number of aromatic nitrogens is 1. The van der Waals surface area contributed by atoms with Crippen molar-refractivity contribution in [2.24, 2.45) is 0 Å². The van der Waals surface area contributed by atoms with E-state index in [9.17, 15) is 19.7 Å². The molecule has 8 nitrogen and oxygen atoms in total. The number of pyridine rings is 1. The Morgan fingerprint density at radius 2 is 2.22 bits per heavy atom. The Kier molecular flexibility index (Phi) is 4.16. The zero-order chi connectivity index (χ0) is 13.9. The average molecular weight is 274 g/mol. The molecular formula is C9H8ClN3O5. The number of aliphatic carboxylic acids is 1. The predicted octanol–water partition coefficient (Wildman–Crippen LogP) is 0.846. The number of amides is 1. The molecule has 18 heavy (non-hydrogen) atoms. The number of carbonyl (C=O) groups excluding carboxylic acids is 1. The quantitative estimate of drug-likeness (QED) is 0.476. The van der Waals surface area contributed by atoms with E-state index < -0.39 is 28.5 Å². The van der Waals surface area contributed by atoms with Crippen molar-refractivity contribution in [2.45, 2.75) is 13.0 Å². The van der Waals surface area contributed by atoms with Gasteiger partial charge >= 0.3 is 5.97 Å². The lowest BCUT2D eigenvalue weighted by atomic mass is 10.2. The molecule has 0 aliphatic rings. The number of carboxylic acid groups (broad SMARTS) is 1. The molecule has 0 saturated carbocycles. The molecule has 0 aliphatic heterocycles. The summed E-state index contributed by atoms with van der Waals surface area (Å²) in [6.07, 6.45) is 0.836. The van der Waals surface area contributed by atoms with E-state index in [4.69, 9.17) is 16.7 Å². The molecule has 0 radical (unpaired) electrons. The molecule has 96 valence electrons. The Labute approximate surface area is 106 Å². The number of nitro groups is 1. The highest BCUT2D eigenvalue weighted by Crippen LogP contribution is 2.20. The van der Waals surface area contributed by atoms with Crippen LogP contribution in [0.5, 0.6) is 0 Å². The molecule has 1 rings (SSSR count). The average Bonchev–Trinajstić information content (AvgIpc) is 2.28. The van der Waals surface area contributed by atoms with Crippen molar-refractivity contribution >= 4 is 29.2 Å². The van der Waals surface area contributed by atoms with E-state index in [-0.39, 0.29) is 10.7 Å². The summed E-state index contributed by atoms with van der Waals surface area (Å²) in [5.41, 5.74) is -0.886. The van der Waals surface area contributed by atoms with Crippen LogP contribution in [-0.2, 0) is 4.79 Å². The molecule has 0 fully saturated rings. The highest BCUT2D eigenvalue weighted by atomic mass is 35.5. The Hall–Kier alpha value is -2.22. The first-order valence-corrected chi connectivity index (χ1v) is 5.04. The lowest BCUT2D eigenvalue weighted by Crippen LogP contribution is -2.38. The van der Waals surface area contributed by atoms with E-state index >= 15 is 0 Å². The smallest absolute Gasteiger partial charge is 0.325 e. The van der Waals surface area contributed by atoms with E-state index in [2.05, 4.69) is 10.3 Å². The normalized spacial score (nSPS) is 11.7. The number of halogens is 1. The summed E-state index contributed by atoms with van der Waals surface area (Å²) >= 11 is 5.53. The van der Waals surface area contributed by atoms with Crippen LogP contribution in [-0.4, -0.2) is 32.9 Å². The van der Waals surface area contributed by atoms with Crippen molar-refractivity contribution in [3.63, 3.8) is 0 Å². The van der Waals surface area contributed by atoms with Gasteiger partial charge < -0.3 is 10.4 Å². The zero-order valence-corrected chi connectivity index (χ0v) is 9.84. The summed E-state index contributed by atoms with van der Waals surface area (Å²) in [5, 5.41) is 21.3. The number of nitrogens with one attached hydrogen (secondary N) is 1. The maximum Gasteiger partial charge on any atom is 0.325 e. The summed E-state index contributed by atoms with van der Waals surface area (Å²) < 4.78 is 0. The zero-order valence-electron chi connectivity index (χ0n) is 9.08. The molecule has 0 unspecified atom stereocenters. The topological polar surface area (TPSA) is 122 Å². The monoisotopic (exact) mass is 273 g/mol. The number of hydrogen-bond donors (Lipinski definition) is 2. The second-order valence-corrected chi connectivity index (χ2v) is 3.70. The summed E-state index contributed by atoms with van der Waals surface area (Å²) in [6.45, 7) is 1.23. The van der Waals surface area contributed by atoms with Gasteiger partial charge in [0.05, 0.1) is 4.92 Å². The van der Waals surface area contributed by atoms with Crippen LogP contribution in [0.3, 0.4) is 0 Å². The van der Waals surface area contributed by atoms with Gasteiger partial charge in [-0.2, -0.15) is 0 Å². The van der Waals surface area contributed by atoms with E-state index in [1.807, 2.05) is 0 Å². The standard InChI is InChI=1S/C9H8ClN3O5/c1-4(9(15)16)12-8(14)5-2-7(10)11-3-6(5)13(17)18/h2-4H,1H3,(H,12,14)(H,15,16)/t4-/m0/s1. The molecular weight excluding hydrogens is 266 g/mol. The van der Waals surface area contributed by atoms with Crippen LogP contribution in [0.1, 0.15) is 17.3 Å². The van der Waals surface area contributed by atoms with Crippen molar-refractivity contribution in [3.8, 4) is 0 Å². The van der Waals surface area contributed by atoms with Crippen molar-refractivity contribution in [3.05, 3.63) is 33.1 Å². The first-order chi connectivity index (χ1) is 8.32. The lowest BCUT2D eigenvalue weighted by molar-refractivity contribution is -0.385. The van der Waals surface area contributed by atoms with Gasteiger partial charge in [0.25, 0.3) is 11.6 Å². The van der Waals surface area contributed by atoms with Crippen LogP contribution >= 0.6 is 11.6 Å². The highest BCUT2D eigenvalue weighted by Gasteiger charge is 2.24. The highest BCUT2D eigenvalue weighted by molar-refractivity contribution is 6.29. The Balaban J connectivity index is 3.08. The lowest BCUT2D eigenvalue weighted by Gasteiger charge is -2.09. The summed E-state index contributed by atoms with van der Waals surface area (Å²) in [5.74, 6) is -2.16. The molecule has 1 aromatic heterocycles. The van der Waals surface area contributed by atoms with Gasteiger partial charge in [0.2, 0.25) is 0 Å². The van der Waals surface area contributed by atoms with Crippen molar-refractivity contribution < 1.29 is 19.6 Å². The van der Waals surface area contributed by atoms with Gasteiger partial charge in [-0.3, -0.25) is 19.7 Å². The first kappa shape index (κ1) is 13.8. The molecule has 9 heteroatoms. The Morgan fingerprint density at radius 1 is 1.61 bits per heavy atom. The van der Waals surface area contributed by atoms with Gasteiger partial charge in [0.15, 0.2) is 0 Å². The molecule has 1 amide bonds. The number of rotatable bonds is 4. The van der Waals surface area contributed by atoms with Gasteiger partial charge in [0.1, 0.15) is 23.0 Å². The van der Waals surface area contributed by atoms with Gasteiger partial charge in [-0.25, -0.2) is 4.98 Å². The molecule has 1 aromatic rings. The molecule has 1 atom stereocenters. The number of nitrogens with zero attached hydrogens (tertiary/aromatic N) is 2. The minimum atomic E-state index is -1.26.